The number of carbonyl (C=O) groups excluding carboxylic acids is 1. The summed E-state index contributed by atoms with van der Waals surface area (Å²) < 4.78 is 13.0. The van der Waals surface area contributed by atoms with Crippen molar-refractivity contribution >= 4 is 5.91 Å². The number of rotatable bonds is 5. The Hall–Kier alpha value is -1.58. The molecule has 0 bridgehead atoms. The van der Waals surface area contributed by atoms with Gasteiger partial charge in [-0.1, -0.05) is 0 Å². The molecule has 3 rings (SSSR count). The largest absolute Gasteiger partial charge is 0.379 e. The van der Waals surface area contributed by atoms with E-state index in [9.17, 15) is 4.79 Å². The molecule has 9 heteroatoms. The van der Waals surface area contributed by atoms with Gasteiger partial charge < -0.3 is 14.4 Å². The predicted octanol–water partition coefficient (Wildman–Crippen LogP) is -0.679. The predicted molar refractivity (Wildman–Crippen MR) is 85.4 cm³/mol. The van der Waals surface area contributed by atoms with Gasteiger partial charge in [0.15, 0.2) is 0 Å². The molecule has 9 nitrogen and oxygen atoms in total. The summed E-state index contributed by atoms with van der Waals surface area (Å²) in [6.45, 7) is 8.77. The molecule has 1 aromatic heterocycles. The van der Waals surface area contributed by atoms with Crippen molar-refractivity contribution in [3.63, 3.8) is 0 Å². The van der Waals surface area contributed by atoms with Gasteiger partial charge in [-0.05, 0) is 23.8 Å². The molecule has 0 radical (unpaired) electrons. The molecule has 1 amide bonds. The van der Waals surface area contributed by atoms with Gasteiger partial charge in [0.05, 0.1) is 25.9 Å². The number of tetrazole rings is 1. The van der Waals surface area contributed by atoms with Crippen LogP contribution < -0.4 is 0 Å². The second kappa shape index (κ2) is 8.50. The third-order valence-electron chi connectivity index (χ3n) is 4.52. The summed E-state index contributed by atoms with van der Waals surface area (Å²) in [4.78, 5) is 16.8. The van der Waals surface area contributed by atoms with Crippen LogP contribution in [0.5, 0.6) is 0 Å². The Morgan fingerprint density at radius 2 is 2.08 bits per heavy atom. The van der Waals surface area contributed by atoms with Gasteiger partial charge in [0.2, 0.25) is 5.91 Å². The first-order chi connectivity index (χ1) is 11.7. The maximum absolute atomic E-state index is 12.5. The highest BCUT2D eigenvalue weighted by molar-refractivity contribution is 5.76. The molecule has 1 unspecified atom stereocenters. The van der Waals surface area contributed by atoms with Crippen LogP contribution in [0.25, 0.3) is 0 Å². The van der Waals surface area contributed by atoms with E-state index in [2.05, 4.69) is 20.4 Å². The molecule has 2 aliphatic rings. The van der Waals surface area contributed by atoms with E-state index < -0.39 is 0 Å². The Bertz CT molecular complexity index is 531. The Kier molecular flexibility index (Phi) is 6.11. The number of nitrogens with zero attached hydrogens (tertiary/aromatic N) is 6. The van der Waals surface area contributed by atoms with Gasteiger partial charge in [0.1, 0.15) is 5.82 Å². The zero-order valence-electron chi connectivity index (χ0n) is 14.3. The molecule has 24 heavy (non-hydrogen) atoms. The van der Waals surface area contributed by atoms with E-state index in [1.165, 1.54) is 0 Å². The van der Waals surface area contributed by atoms with E-state index >= 15 is 0 Å². The van der Waals surface area contributed by atoms with Gasteiger partial charge in [0, 0.05) is 45.8 Å². The van der Waals surface area contributed by atoms with Gasteiger partial charge in [-0.3, -0.25) is 9.69 Å². The molecular weight excluding hydrogens is 312 g/mol. The summed E-state index contributed by atoms with van der Waals surface area (Å²) in [6.07, 6.45) is 1.37. The van der Waals surface area contributed by atoms with Gasteiger partial charge in [-0.2, -0.15) is 0 Å². The van der Waals surface area contributed by atoms with Crippen molar-refractivity contribution < 1.29 is 14.3 Å². The smallest absolute Gasteiger partial charge is 0.224 e. The molecule has 0 aromatic carbocycles. The Morgan fingerprint density at radius 1 is 1.25 bits per heavy atom. The van der Waals surface area contributed by atoms with Crippen molar-refractivity contribution in [2.45, 2.75) is 32.4 Å². The van der Waals surface area contributed by atoms with Crippen molar-refractivity contribution in [1.29, 1.82) is 0 Å². The molecule has 2 saturated heterocycles. The first kappa shape index (κ1) is 17.2. The first-order valence-electron chi connectivity index (χ1n) is 8.64. The minimum Gasteiger partial charge on any atom is -0.379 e. The van der Waals surface area contributed by atoms with Crippen LogP contribution in [0.3, 0.4) is 0 Å². The highest BCUT2D eigenvalue weighted by atomic mass is 16.5. The van der Waals surface area contributed by atoms with Crippen molar-refractivity contribution in [3.05, 3.63) is 5.82 Å². The molecule has 0 aliphatic carbocycles. The van der Waals surface area contributed by atoms with Crippen molar-refractivity contribution in [3.8, 4) is 0 Å². The van der Waals surface area contributed by atoms with E-state index in [0.29, 0.717) is 26.1 Å². The molecule has 0 spiro atoms. The van der Waals surface area contributed by atoms with Crippen LogP contribution in [0.4, 0.5) is 0 Å². The number of hydrogen-bond acceptors (Lipinski definition) is 7. The lowest BCUT2D eigenvalue weighted by atomic mass is 10.2. The van der Waals surface area contributed by atoms with Gasteiger partial charge >= 0.3 is 0 Å². The molecule has 0 N–H and O–H groups in total. The maximum atomic E-state index is 12.5. The second-order valence-electron chi connectivity index (χ2n) is 6.30. The van der Waals surface area contributed by atoms with Crippen molar-refractivity contribution in [2.75, 3.05) is 52.5 Å². The summed E-state index contributed by atoms with van der Waals surface area (Å²) >= 11 is 0. The van der Waals surface area contributed by atoms with Crippen LogP contribution in [0, 0.1) is 6.92 Å². The van der Waals surface area contributed by atoms with Crippen molar-refractivity contribution in [1.82, 2.24) is 30.0 Å². The Balaban J connectivity index is 1.49. The second-order valence-corrected chi connectivity index (χ2v) is 6.30. The molecule has 134 valence electrons. The summed E-state index contributed by atoms with van der Waals surface area (Å²) in [5, 5.41) is 11.3. The summed E-state index contributed by atoms with van der Waals surface area (Å²) in [7, 11) is 0. The number of aromatic nitrogens is 4. The fourth-order valence-corrected chi connectivity index (χ4v) is 3.12. The third-order valence-corrected chi connectivity index (χ3v) is 4.52. The fourth-order valence-electron chi connectivity index (χ4n) is 3.12. The third kappa shape index (κ3) is 4.71. The molecule has 1 aromatic rings. The van der Waals surface area contributed by atoms with Crippen LogP contribution in [0.1, 0.15) is 18.7 Å². The van der Waals surface area contributed by atoms with E-state index in [-0.39, 0.29) is 12.0 Å². The van der Waals surface area contributed by atoms with Crippen LogP contribution in [-0.2, 0) is 20.8 Å². The SMILES string of the molecule is Cc1nnnn1CCC(=O)N1CCCOC(CN2CCOCC2)C1. The minimum absolute atomic E-state index is 0.0734. The molecular formula is C15H26N6O3. The van der Waals surface area contributed by atoms with Crippen LogP contribution in [0.15, 0.2) is 0 Å². The number of morpholine rings is 1. The zero-order chi connectivity index (χ0) is 16.8. The number of amides is 1. The van der Waals surface area contributed by atoms with Crippen LogP contribution in [-0.4, -0.2) is 94.6 Å². The van der Waals surface area contributed by atoms with Gasteiger partial charge in [-0.15, -0.1) is 5.10 Å². The van der Waals surface area contributed by atoms with Crippen molar-refractivity contribution in [2.24, 2.45) is 0 Å². The van der Waals surface area contributed by atoms with E-state index in [4.69, 9.17) is 9.47 Å². The van der Waals surface area contributed by atoms with E-state index in [0.717, 1.165) is 51.6 Å². The highest BCUT2D eigenvalue weighted by Gasteiger charge is 2.25. The monoisotopic (exact) mass is 338 g/mol. The number of carbonyl (C=O) groups is 1. The molecule has 2 aliphatic heterocycles. The van der Waals surface area contributed by atoms with E-state index in [1.807, 2.05) is 11.8 Å². The molecule has 3 heterocycles. The van der Waals surface area contributed by atoms with Gasteiger partial charge in [-0.25, -0.2) is 4.68 Å². The number of ether oxygens (including phenoxy) is 2. The highest BCUT2D eigenvalue weighted by Crippen LogP contribution is 2.11. The average Bonchev–Trinajstić information content (AvgIpc) is 2.86. The topological polar surface area (TPSA) is 85.6 Å². The van der Waals surface area contributed by atoms with Crippen LogP contribution in [0.2, 0.25) is 0 Å². The summed E-state index contributed by atoms with van der Waals surface area (Å²) in [5.41, 5.74) is 0. The lowest BCUT2D eigenvalue weighted by Crippen LogP contribution is -2.46. The summed E-state index contributed by atoms with van der Waals surface area (Å²) in [5.74, 6) is 0.870. The maximum Gasteiger partial charge on any atom is 0.224 e. The Labute approximate surface area is 141 Å². The van der Waals surface area contributed by atoms with E-state index in [1.54, 1.807) is 4.68 Å². The Morgan fingerprint density at radius 3 is 2.83 bits per heavy atom. The first-order valence-corrected chi connectivity index (χ1v) is 8.64. The molecule has 0 saturated carbocycles. The van der Waals surface area contributed by atoms with Gasteiger partial charge in [0.25, 0.3) is 0 Å². The minimum atomic E-state index is 0.0734. The fraction of sp³-hybridized carbons (Fsp3) is 0.867. The zero-order valence-corrected chi connectivity index (χ0v) is 14.3. The number of hydrogen-bond donors (Lipinski definition) is 0. The lowest BCUT2D eigenvalue weighted by molar-refractivity contribution is -0.132. The molecule has 2 fully saturated rings. The quantitative estimate of drug-likeness (QED) is 0.703. The molecule has 1 atom stereocenters. The normalized spacial score (nSPS) is 23.2. The summed E-state index contributed by atoms with van der Waals surface area (Å²) in [6, 6.07) is 0. The lowest BCUT2D eigenvalue weighted by Gasteiger charge is -2.31. The van der Waals surface area contributed by atoms with Crippen LogP contribution >= 0.6 is 0 Å². The standard InChI is InChI=1S/C15H26N6O3/c1-13-16-17-18-21(13)5-3-15(22)20-4-2-8-24-14(12-20)11-19-6-9-23-10-7-19/h14H,2-12H2,1H3. The number of aryl methyl sites for hydroxylation is 2. The average molecular weight is 338 g/mol.